The van der Waals surface area contributed by atoms with Gasteiger partial charge in [-0.1, -0.05) is 23.2 Å². The van der Waals surface area contributed by atoms with Gasteiger partial charge in [0.15, 0.2) is 5.69 Å². The molecule has 0 spiro atoms. The SMILES string of the molecule is CCOC(=O)c1cc(NC(C)=O)n(-c2ccc(Cl)cc2Cl)n1. The number of aromatic nitrogens is 2. The summed E-state index contributed by atoms with van der Waals surface area (Å²) in [4.78, 5) is 23.1. The minimum Gasteiger partial charge on any atom is -0.461 e. The molecule has 0 saturated heterocycles. The van der Waals surface area contributed by atoms with E-state index in [0.717, 1.165) is 0 Å². The Labute approximate surface area is 137 Å². The van der Waals surface area contributed by atoms with Crippen LogP contribution < -0.4 is 5.32 Å². The third-order valence-electron chi connectivity index (χ3n) is 2.64. The molecule has 1 aromatic carbocycles. The molecular formula is C14H13Cl2N3O3. The first-order valence-electron chi connectivity index (χ1n) is 6.42. The van der Waals surface area contributed by atoms with Crippen molar-refractivity contribution >= 4 is 40.9 Å². The van der Waals surface area contributed by atoms with Gasteiger partial charge >= 0.3 is 5.97 Å². The predicted molar refractivity (Wildman–Crippen MR) is 83.8 cm³/mol. The molecule has 1 aromatic heterocycles. The van der Waals surface area contributed by atoms with Crippen LogP contribution >= 0.6 is 23.2 Å². The number of amides is 1. The minimum atomic E-state index is -0.585. The molecule has 2 aromatic rings. The van der Waals surface area contributed by atoms with E-state index < -0.39 is 5.97 Å². The van der Waals surface area contributed by atoms with Crippen molar-refractivity contribution in [1.29, 1.82) is 0 Å². The highest BCUT2D eigenvalue weighted by Gasteiger charge is 2.18. The van der Waals surface area contributed by atoms with Crippen molar-refractivity contribution in [1.82, 2.24) is 9.78 Å². The Morgan fingerprint density at radius 3 is 2.64 bits per heavy atom. The summed E-state index contributed by atoms with van der Waals surface area (Å²) < 4.78 is 6.26. The number of hydrogen-bond acceptors (Lipinski definition) is 4. The highest BCUT2D eigenvalue weighted by Crippen LogP contribution is 2.27. The summed E-state index contributed by atoms with van der Waals surface area (Å²) in [5.41, 5.74) is 0.544. The maximum absolute atomic E-state index is 11.8. The van der Waals surface area contributed by atoms with E-state index >= 15 is 0 Å². The number of halogens is 2. The number of ether oxygens (including phenoxy) is 1. The number of esters is 1. The van der Waals surface area contributed by atoms with E-state index in [2.05, 4.69) is 10.4 Å². The average molecular weight is 342 g/mol. The van der Waals surface area contributed by atoms with Crippen LogP contribution in [-0.4, -0.2) is 28.3 Å². The summed E-state index contributed by atoms with van der Waals surface area (Å²) in [5, 5.41) is 7.53. The molecule has 0 unspecified atom stereocenters. The van der Waals surface area contributed by atoms with E-state index in [-0.39, 0.29) is 18.2 Å². The van der Waals surface area contributed by atoms with Gasteiger partial charge in [-0.15, -0.1) is 0 Å². The lowest BCUT2D eigenvalue weighted by Gasteiger charge is -2.09. The van der Waals surface area contributed by atoms with Gasteiger partial charge in [-0.25, -0.2) is 9.48 Å². The highest BCUT2D eigenvalue weighted by atomic mass is 35.5. The zero-order valence-electron chi connectivity index (χ0n) is 11.9. The lowest BCUT2D eigenvalue weighted by Crippen LogP contribution is -2.11. The molecule has 0 radical (unpaired) electrons. The van der Waals surface area contributed by atoms with Gasteiger partial charge in [0.05, 0.1) is 17.3 Å². The number of carbonyl (C=O) groups is 2. The monoisotopic (exact) mass is 341 g/mol. The third-order valence-corrected chi connectivity index (χ3v) is 3.17. The summed E-state index contributed by atoms with van der Waals surface area (Å²) in [6.07, 6.45) is 0. The maximum atomic E-state index is 11.8. The Morgan fingerprint density at radius 1 is 1.32 bits per heavy atom. The van der Waals surface area contributed by atoms with Gasteiger partial charge < -0.3 is 10.1 Å². The largest absolute Gasteiger partial charge is 0.461 e. The zero-order chi connectivity index (χ0) is 16.3. The quantitative estimate of drug-likeness (QED) is 0.865. The minimum absolute atomic E-state index is 0.0663. The Bertz CT molecular complexity index is 728. The second kappa shape index (κ2) is 6.81. The first kappa shape index (κ1) is 16.3. The Hall–Kier alpha value is -2.05. The van der Waals surface area contributed by atoms with Crippen molar-refractivity contribution < 1.29 is 14.3 Å². The van der Waals surface area contributed by atoms with Gasteiger partial charge in [0.1, 0.15) is 5.82 Å². The first-order chi connectivity index (χ1) is 10.4. The van der Waals surface area contributed by atoms with Crippen molar-refractivity contribution in [2.24, 2.45) is 0 Å². The summed E-state index contributed by atoms with van der Waals surface area (Å²) in [6, 6.07) is 6.23. The molecule has 0 aliphatic carbocycles. The standard InChI is InChI=1S/C14H13Cl2N3O3/c1-3-22-14(21)11-7-13(17-8(2)20)19(18-11)12-5-4-9(15)6-10(12)16/h4-7H,3H2,1-2H3,(H,17,20). The molecule has 0 bridgehead atoms. The molecule has 1 heterocycles. The fourth-order valence-electron chi connectivity index (χ4n) is 1.79. The number of anilines is 1. The van der Waals surface area contributed by atoms with Gasteiger partial charge in [0, 0.05) is 18.0 Å². The number of nitrogens with one attached hydrogen (secondary N) is 1. The van der Waals surface area contributed by atoms with Crippen molar-refractivity contribution in [3.8, 4) is 5.69 Å². The van der Waals surface area contributed by atoms with Crippen LogP contribution in [0.25, 0.3) is 5.69 Å². The number of hydrogen-bond donors (Lipinski definition) is 1. The predicted octanol–water partition coefficient (Wildman–Crippen LogP) is 3.31. The van der Waals surface area contributed by atoms with Crippen LogP contribution in [0.5, 0.6) is 0 Å². The van der Waals surface area contributed by atoms with Gasteiger partial charge in [0.2, 0.25) is 5.91 Å². The van der Waals surface area contributed by atoms with Crippen LogP contribution in [0.15, 0.2) is 24.3 Å². The molecule has 116 valence electrons. The van der Waals surface area contributed by atoms with Crippen LogP contribution in [0.2, 0.25) is 10.0 Å². The molecule has 0 aliphatic heterocycles. The lowest BCUT2D eigenvalue weighted by molar-refractivity contribution is -0.114. The van der Waals surface area contributed by atoms with Crippen molar-refractivity contribution in [2.75, 3.05) is 11.9 Å². The van der Waals surface area contributed by atoms with Gasteiger partial charge in [0.25, 0.3) is 0 Å². The Morgan fingerprint density at radius 2 is 2.05 bits per heavy atom. The second-order valence-corrected chi connectivity index (χ2v) is 5.17. The summed E-state index contributed by atoms with van der Waals surface area (Å²) in [5.74, 6) is -0.584. The molecule has 8 heteroatoms. The summed E-state index contributed by atoms with van der Waals surface area (Å²) in [7, 11) is 0. The third kappa shape index (κ3) is 3.58. The zero-order valence-corrected chi connectivity index (χ0v) is 13.4. The van der Waals surface area contributed by atoms with Crippen LogP contribution in [0.1, 0.15) is 24.3 Å². The Kier molecular flexibility index (Phi) is 5.05. The number of nitrogens with zero attached hydrogens (tertiary/aromatic N) is 2. The fourth-order valence-corrected chi connectivity index (χ4v) is 2.28. The van der Waals surface area contributed by atoms with Crippen LogP contribution in [0, 0.1) is 0 Å². The highest BCUT2D eigenvalue weighted by molar-refractivity contribution is 6.35. The second-order valence-electron chi connectivity index (χ2n) is 4.32. The number of benzene rings is 1. The molecule has 0 saturated carbocycles. The Balaban J connectivity index is 2.52. The molecule has 0 aliphatic rings. The summed E-state index contributed by atoms with van der Waals surface area (Å²) in [6.45, 7) is 3.27. The molecule has 1 N–H and O–H groups in total. The van der Waals surface area contributed by atoms with Crippen molar-refractivity contribution in [2.45, 2.75) is 13.8 Å². The molecule has 2 rings (SSSR count). The van der Waals surface area contributed by atoms with E-state index in [1.54, 1.807) is 25.1 Å². The first-order valence-corrected chi connectivity index (χ1v) is 7.18. The van der Waals surface area contributed by atoms with E-state index in [4.69, 9.17) is 27.9 Å². The van der Waals surface area contributed by atoms with Gasteiger partial charge in [-0.3, -0.25) is 4.79 Å². The smallest absolute Gasteiger partial charge is 0.358 e. The maximum Gasteiger partial charge on any atom is 0.358 e. The van der Waals surface area contributed by atoms with E-state index in [1.807, 2.05) is 0 Å². The van der Waals surface area contributed by atoms with Crippen LogP contribution in [0.3, 0.4) is 0 Å². The van der Waals surface area contributed by atoms with E-state index in [9.17, 15) is 9.59 Å². The molecular weight excluding hydrogens is 329 g/mol. The van der Waals surface area contributed by atoms with Crippen molar-refractivity contribution in [3.05, 3.63) is 40.0 Å². The normalized spacial score (nSPS) is 10.4. The average Bonchev–Trinajstić information content (AvgIpc) is 2.82. The summed E-state index contributed by atoms with van der Waals surface area (Å²) >= 11 is 12.0. The fraction of sp³-hybridized carbons (Fsp3) is 0.214. The lowest BCUT2D eigenvalue weighted by atomic mass is 10.3. The van der Waals surface area contributed by atoms with E-state index in [0.29, 0.717) is 21.6 Å². The number of rotatable bonds is 4. The van der Waals surface area contributed by atoms with E-state index in [1.165, 1.54) is 17.7 Å². The van der Waals surface area contributed by atoms with Crippen molar-refractivity contribution in [3.63, 3.8) is 0 Å². The number of carbonyl (C=O) groups excluding carboxylic acids is 2. The van der Waals surface area contributed by atoms with Crippen LogP contribution in [-0.2, 0) is 9.53 Å². The van der Waals surface area contributed by atoms with Crippen LogP contribution in [0.4, 0.5) is 5.82 Å². The molecule has 6 nitrogen and oxygen atoms in total. The molecule has 0 atom stereocenters. The van der Waals surface area contributed by atoms with Gasteiger partial charge in [-0.05, 0) is 25.1 Å². The topological polar surface area (TPSA) is 73.2 Å². The molecule has 22 heavy (non-hydrogen) atoms. The molecule has 0 fully saturated rings. The van der Waals surface area contributed by atoms with Gasteiger partial charge in [-0.2, -0.15) is 5.10 Å². The molecule has 1 amide bonds.